The van der Waals surface area contributed by atoms with E-state index in [0.29, 0.717) is 16.1 Å². The van der Waals surface area contributed by atoms with E-state index >= 15 is 0 Å². The molecule has 0 bridgehead atoms. The van der Waals surface area contributed by atoms with Crippen LogP contribution in [0.4, 0.5) is 0 Å². The van der Waals surface area contributed by atoms with Gasteiger partial charge in [0, 0.05) is 10.6 Å². The van der Waals surface area contributed by atoms with Gasteiger partial charge in [0.25, 0.3) is 0 Å². The molecule has 0 aliphatic heterocycles. The Kier molecular flexibility index (Phi) is 5.10. The van der Waals surface area contributed by atoms with Crippen LogP contribution in [-0.4, -0.2) is 10.9 Å². The maximum atomic E-state index is 12.7. The van der Waals surface area contributed by atoms with Gasteiger partial charge in [-0.2, -0.15) is 0 Å². The summed E-state index contributed by atoms with van der Waals surface area (Å²) in [5, 5.41) is 10.8. The van der Waals surface area contributed by atoms with Gasteiger partial charge < -0.3 is 5.11 Å². The van der Waals surface area contributed by atoms with Gasteiger partial charge in [-0.1, -0.05) is 52.3 Å². The first-order valence-electron chi connectivity index (χ1n) is 8.13. The first kappa shape index (κ1) is 18.5. The fraction of sp³-hybridized carbons (Fsp3) is 0.381. The highest BCUT2D eigenvalue weighted by Crippen LogP contribution is 2.37. The van der Waals surface area contributed by atoms with Crippen molar-refractivity contribution in [3.8, 4) is 5.75 Å². The molecule has 1 N–H and O–H groups in total. The Hall–Kier alpha value is -1.80. The van der Waals surface area contributed by atoms with E-state index in [4.69, 9.17) is 11.6 Å². The molecule has 3 heteroatoms. The summed E-state index contributed by atoms with van der Waals surface area (Å²) in [5.74, 6) is -0.192. The first-order valence-corrected chi connectivity index (χ1v) is 8.51. The molecule has 0 fully saturated rings. The highest BCUT2D eigenvalue weighted by atomic mass is 35.5. The van der Waals surface area contributed by atoms with E-state index in [1.165, 1.54) is 0 Å². The predicted octanol–water partition coefficient (Wildman–Crippen LogP) is 5.99. The lowest BCUT2D eigenvalue weighted by Crippen LogP contribution is -2.25. The summed E-state index contributed by atoms with van der Waals surface area (Å²) in [5.41, 5.74) is 1.97. The van der Waals surface area contributed by atoms with Crippen molar-refractivity contribution in [2.75, 3.05) is 0 Å². The molecule has 0 aromatic heterocycles. The van der Waals surface area contributed by atoms with Crippen LogP contribution in [-0.2, 0) is 5.41 Å². The highest BCUT2D eigenvalue weighted by Gasteiger charge is 2.28. The largest absolute Gasteiger partial charge is 0.507 e. The molecule has 0 spiro atoms. The number of halogens is 1. The van der Waals surface area contributed by atoms with E-state index in [0.717, 1.165) is 12.0 Å². The average Bonchev–Trinajstić information content (AvgIpc) is 2.45. The third-order valence-corrected chi connectivity index (χ3v) is 4.35. The smallest absolute Gasteiger partial charge is 0.196 e. The van der Waals surface area contributed by atoms with Crippen molar-refractivity contribution in [3.63, 3.8) is 0 Å². The van der Waals surface area contributed by atoms with Crippen molar-refractivity contribution in [2.45, 2.75) is 46.5 Å². The zero-order valence-corrected chi connectivity index (χ0v) is 15.7. The van der Waals surface area contributed by atoms with Gasteiger partial charge in [-0.05, 0) is 59.2 Å². The summed E-state index contributed by atoms with van der Waals surface area (Å²) in [6, 6.07) is 12.0. The van der Waals surface area contributed by atoms with Crippen molar-refractivity contribution >= 4 is 17.4 Å². The van der Waals surface area contributed by atoms with Gasteiger partial charge in [-0.25, -0.2) is 0 Å². The van der Waals surface area contributed by atoms with Gasteiger partial charge in [-0.15, -0.1) is 0 Å². The van der Waals surface area contributed by atoms with Gasteiger partial charge in [0.1, 0.15) is 5.75 Å². The standard InChI is InChI=1S/C21H25ClO2/c1-20(2,3)13-21(4,5)15-8-11-18(23)17(12-15)19(24)14-6-9-16(22)10-7-14/h6-12,23H,13H2,1-5H3. The number of benzene rings is 2. The van der Waals surface area contributed by atoms with Gasteiger partial charge in [0.2, 0.25) is 0 Å². The molecule has 0 aliphatic rings. The lowest BCUT2D eigenvalue weighted by Gasteiger charge is -2.33. The van der Waals surface area contributed by atoms with E-state index < -0.39 is 0 Å². The molecular weight excluding hydrogens is 320 g/mol. The van der Waals surface area contributed by atoms with Crippen LogP contribution in [0.1, 0.15) is 62.5 Å². The summed E-state index contributed by atoms with van der Waals surface area (Å²) >= 11 is 5.88. The molecule has 0 atom stereocenters. The van der Waals surface area contributed by atoms with Crippen molar-refractivity contribution in [3.05, 3.63) is 64.2 Å². The molecule has 2 aromatic rings. The Morgan fingerprint density at radius 2 is 1.58 bits per heavy atom. The second-order valence-corrected chi connectivity index (χ2v) is 8.63. The Labute approximate surface area is 149 Å². The topological polar surface area (TPSA) is 37.3 Å². The number of aromatic hydroxyl groups is 1. The van der Waals surface area contributed by atoms with E-state index in [1.807, 2.05) is 12.1 Å². The molecular formula is C21H25ClO2. The molecule has 0 saturated heterocycles. The number of hydrogen-bond donors (Lipinski definition) is 1. The third kappa shape index (κ3) is 4.39. The molecule has 2 aromatic carbocycles. The first-order chi connectivity index (χ1) is 11.0. The summed E-state index contributed by atoms with van der Waals surface area (Å²) in [6.07, 6.45) is 0.972. The molecule has 128 valence electrons. The second-order valence-electron chi connectivity index (χ2n) is 8.19. The minimum absolute atomic E-state index is 0.00487. The number of ketones is 1. The van der Waals surface area contributed by atoms with Crippen LogP contribution in [0.15, 0.2) is 42.5 Å². The zero-order valence-electron chi connectivity index (χ0n) is 15.0. The zero-order chi connectivity index (χ0) is 18.1. The van der Waals surface area contributed by atoms with E-state index in [2.05, 4.69) is 34.6 Å². The molecule has 0 radical (unpaired) electrons. The molecule has 0 saturated carbocycles. The Morgan fingerprint density at radius 1 is 1.00 bits per heavy atom. The number of phenols is 1. The molecule has 0 heterocycles. The van der Waals surface area contributed by atoms with Gasteiger partial charge in [0.05, 0.1) is 5.56 Å². The lowest BCUT2D eigenvalue weighted by molar-refractivity contribution is 0.103. The van der Waals surface area contributed by atoms with E-state index in [-0.39, 0.29) is 22.4 Å². The molecule has 0 amide bonds. The fourth-order valence-corrected chi connectivity index (χ4v) is 3.45. The van der Waals surface area contributed by atoms with Crippen LogP contribution in [0.3, 0.4) is 0 Å². The summed E-state index contributed by atoms with van der Waals surface area (Å²) in [7, 11) is 0. The van der Waals surface area contributed by atoms with E-state index in [9.17, 15) is 9.90 Å². The molecule has 2 nitrogen and oxygen atoms in total. The van der Waals surface area contributed by atoms with Crippen LogP contribution >= 0.6 is 11.6 Å². The summed E-state index contributed by atoms with van der Waals surface area (Å²) in [4.78, 5) is 12.7. The predicted molar refractivity (Wildman–Crippen MR) is 100 cm³/mol. The molecule has 2 rings (SSSR count). The van der Waals surface area contributed by atoms with Crippen molar-refractivity contribution in [1.82, 2.24) is 0 Å². The Morgan fingerprint density at radius 3 is 2.12 bits per heavy atom. The monoisotopic (exact) mass is 344 g/mol. The van der Waals surface area contributed by atoms with Crippen LogP contribution in [0.5, 0.6) is 5.75 Å². The number of carbonyl (C=O) groups excluding carboxylic acids is 1. The third-order valence-electron chi connectivity index (χ3n) is 4.10. The van der Waals surface area contributed by atoms with Gasteiger partial charge >= 0.3 is 0 Å². The van der Waals surface area contributed by atoms with Gasteiger partial charge in [-0.3, -0.25) is 4.79 Å². The maximum absolute atomic E-state index is 12.7. The number of phenolic OH excluding ortho intramolecular Hbond substituents is 1. The van der Waals surface area contributed by atoms with Crippen molar-refractivity contribution < 1.29 is 9.90 Å². The van der Waals surface area contributed by atoms with Crippen LogP contribution < -0.4 is 0 Å². The fourth-order valence-electron chi connectivity index (χ4n) is 3.32. The van der Waals surface area contributed by atoms with Gasteiger partial charge in [0.15, 0.2) is 5.78 Å². The van der Waals surface area contributed by atoms with Crippen molar-refractivity contribution in [2.24, 2.45) is 5.41 Å². The molecule has 0 unspecified atom stereocenters. The van der Waals surface area contributed by atoms with Crippen LogP contribution in [0.25, 0.3) is 0 Å². The van der Waals surface area contributed by atoms with Crippen molar-refractivity contribution in [1.29, 1.82) is 0 Å². The quantitative estimate of drug-likeness (QED) is 0.691. The number of hydrogen-bond acceptors (Lipinski definition) is 2. The SMILES string of the molecule is CC(C)(C)CC(C)(C)c1ccc(O)c(C(=O)c2ccc(Cl)cc2)c1. The minimum atomic E-state index is -0.197. The molecule has 0 aliphatic carbocycles. The number of rotatable bonds is 4. The molecule has 24 heavy (non-hydrogen) atoms. The average molecular weight is 345 g/mol. The summed E-state index contributed by atoms with van der Waals surface area (Å²) in [6.45, 7) is 10.9. The highest BCUT2D eigenvalue weighted by molar-refractivity contribution is 6.30. The summed E-state index contributed by atoms with van der Waals surface area (Å²) < 4.78 is 0. The lowest BCUT2D eigenvalue weighted by atomic mass is 9.72. The van der Waals surface area contributed by atoms with E-state index in [1.54, 1.807) is 30.3 Å². The number of carbonyl (C=O) groups is 1. The minimum Gasteiger partial charge on any atom is -0.507 e. The maximum Gasteiger partial charge on any atom is 0.196 e. The normalized spacial score (nSPS) is 12.2. The second kappa shape index (κ2) is 6.60. The Balaban J connectivity index is 2.42. The van der Waals surface area contributed by atoms with Crippen LogP contribution in [0, 0.1) is 5.41 Å². The van der Waals surface area contributed by atoms with Crippen LogP contribution in [0.2, 0.25) is 5.02 Å². The Bertz CT molecular complexity index is 737.